The minimum absolute atomic E-state index is 0.264. The first-order valence-electron chi connectivity index (χ1n) is 13.6. The van der Waals surface area contributed by atoms with Gasteiger partial charge in [-0.15, -0.1) is 0 Å². The molecular formula is C34H24BrF2N3O3S. The summed E-state index contributed by atoms with van der Waals surface area (Å²) >= 11 is 4.75. The number of carbonyl (C=O) groups excluding carboxylic acids is 1. The third-order valence-corrected chi connectivity index (χ3v) is 8.65. The Morgan fingerprint density at radius 1 is 1.00 bits per heavy atom. The Morgan fingerprint density at radius 2 is 1.68 bits per heavy atom. The second-order valence-corrected chi connectivity index (χ2v) is 11.9. The fourth-order valence-corrected chi connectivity index (χ4v) is 6.47. The molecule has 1 aromatic heterocycles. The molecule has 44 heavy (non-hydrogen) atoms. The molecule has 1 aliphatic heterocycles. The molecule has 2 heterocycles. The van der Waals surface area contributed by atoms with Crippen LogP contribution >= 0.6 is 27.3 Å². The van der Waals surface area contributed by atoms with Gasteiger partial charge in [-0.05, 0) is 94.2 Å². The third-order valence-electron chi connectivity index (χ3n) is 7.05. The average molecular weight is 673 g/mol. The maximum atomic E-state index is 13.9. The van der Waals surface area contributed by atoms with Crippen LogP contribution in [0.25, 0.3) is 6.08 Å². The van der Waals surface area contributed by atoms with E-state index in [1.807, 2.05) is 30.3 Å². The van der Waals surface area contributed by atoms with Crippen molar-refractivity contribution in [1.29, 1.82) is 0 Å². The van der Waals surface area contributed by atoms with Crippen molar-refractivity contribution in [3.63, 3.8) is 0 Å². The van der Waals surface area contributed by atoms with E-state index in [0.717, 1.165) is 11.1 Å². The number of para-hydroxylation sites is 1. The number of hydrogen-bond donors (Lipinski definition) is 1. The number of amides is 1. The van der Waals surface area contributed by atoms with Gasteiger partial charge in [0.15, 0.2) is 4.80 Å². The van der Waals surface area contributed by atoms with Crippen molar-refractivity contribution >= 4 is 44.9 Å². The fraction of sp³-hybridized carbons (Fsp3) is 0.0882. The highest BCUT2D eigenvalue weighted by Crippen LogP contribution is 2.31. The first-order chi connectivity index (χ1) is 21.3. The van der Waals surface area contributed by atoms with Crippen LogP contribution in [0, 0.1) is 11.6 Å². The number of benzene rings is 4. The van der Waals surface area contributed by atoms with Gasteiger partial charge >= 0.3 is 0 Å². The van der Waals surface area contributed by atoms with Crippen molar-refractivity contribution in [3.8, 4) is 5.75 Å². The second-order valence-electron chi connectivity index (χ2n) is 10.1. The van der Waals surface area contributed by atoms with E-state index in [0.29, 0.717) is 42.1 Å². The molecule has 1 atom stereocenters. The summed E-state index contributed by atoms with van der Waals surface area (Å²) < 4.78 is 35.6. The van der Waals surface area contributed by atoms with Crippen molar-refractivity contribution in [3.05, 3.63) is 161 Å². The molecule has 220 valence electrons. The summed E-state index contributed by atoms with van der Waals surface area (Å²) in [5.41, 5.74) is 3.18. The van der Waals surface area contributed by atoms with Gasteiger partial charge in [-0.2, -0.15) is 0 Å². The van der Waals surface area contributed by atoms with E-state index in [2.05, 4.69) is 26.2 Å². The Kier molecular flexibility index (Phi) is 8.36. The molecule has 0 aliphatic carbocycles. The predicted octanol–water partition coefficient (Wildman–Crippen LogP) is 6.49. The van der Waals surface area contributed by atoms with E-state index in [1.54, 1.807) is 55.5 Å². The van der Waals surface area contributed by atoms with Crippen molar-refractivity contribution in [1.82, 2.24) is 4.57 Å². The van der Waals surface area contributed by atoms with E-state index >= 15 is 0 Å². The summed E-state index contributed by atoms with van der Waals surface area (Å²) in [7, 11) is 0. The molecule has 6 nitrogen and oxygen atoms in total. The molecule has 0 saturated heterocycles. The van der Waals surface area contributed by atoms with E-state index in [-0.39, 0.29) is 18.0 Å². The maximum absolute atomic E-state index is 13.9. The molecular weight excluding hydrogens is 648 g/mol. The molecule has 4 aromatic carbocycles. The number of ether oxygens (including phenoxy) is 1. The SMILES string of the molecule is CC1=C(C(=O)Nc2ccccc2)[C@@H](c2ccc(F)cc2)n2c(s/c(=C\c3ccc(OCc4ccc(F)cc4)c(Br)c3)c2=O)=N1. The van der Waals surface area contributed by atoms with Gasteiger partial charge in [-0.25, -0.2) is 13.8 Å². The highest BCUT2D eigenvalue weighted by Gasteiger charge is 2.32. The third kappa shape index (κ3) is 6.17. The van der Waals surface area contributed by atoms with E-state index in [1.165, 1.54) is 40.2 Å². The highest BCUT2D eigenvalue weighted by molar-refractivity contribution is 9.10. The first-order valence-corrected chi connectivity index (χ1v) is 15.2. The van der Waals surface area contributed by atoms with Crippen LogP contribution in [-0.2, 0) is 11.4 Å². The van der Waals surface area contributed by atoms with E-state index in [9.17, 15) is 18.4 Å². The van der Waals surface area contributed by atoms with Gasteiger partial charge in [-0.1, -0.05) is 59.9 Å². The zero-order chi connectivity index (χ0) is 30.8. The normalized spacial score (nSPS) is 14.6. The fourth-order valence-electron chi connectivity index (χ4n) is 4.91. The lowest BCUT2D eigenvalue weighted by molar-refractivity contribution is -0.113. The van der Waals surface area contributed by atoms with Gasteiger partial charge < -0.3 is 10.1 Å². The Labute approximate surface area is 263 Å². The van der Waals surface area contributed by atoms with Crippen LogP contribution in [0.1, 0.15) is 29.7 Å². The van der Waals surface area contributed by atoms with Gasteiger partial charge in [0.25, 0.3) is 11.5 Å². The lowest BCUT2D eigenvalue weighted by Crippen LogP contribution is -2.40. The number of fused-ring (bicyclic) bond motifs is 1. The molecule has 1 amide bonds. The number of carbonyl (C=O) groups is 1. The topological polar surface area (TPSA) is 72.7 Å². The van der Waals surface area contributed by atoms with Crippen molar-refractivity contribution in [2.24, 2.45) is 4.99 Å². The first kappa shape index (κ1) is 29.4. The Morgan fingerprint density at radius 3 is 2.36 bits per heavy atom. The van der Waals surface area contributed by atoms with Gasteiger partial charge in [0.1, 0.15) is 24.0 Å². The van der Waals surface area contributed by atoms with Crippen molar-refractivity contribution in [2.75, 3.05) is 5.32 Å². The summed E-state index contributed by atoms with van der Waals surface area (Å²) in [4.78, 5) is 32.6. The molecule has 1 aliphatic rings. The van der Waals surface area contributed by atoms with Crippen LogP contribution in [0.15, 0.2) is 123 Å². The molecule has 0 spiro atoms. The summed E-state index contributed by atoms with van der Waals surface area (Å²) in [5, 5.41) is 2.90. The van der Waals surface area contributed by atoms with Gasteiger partial charge in [-0.3, -0.25) is 14.2 Å². The van der Waals surface area contributed by atoms with E-state index in [4.69, 9.17) is 4.74 Å². The predicted molar refractivity (Wildman–Crippen MR) is 170 cm³/mol. The van der Waals surface area contributed by atoms with Gasteiger partial charge in [0, 0.05) is 5.69 Å². The smallest absolute Gasteiger partial charge is 0.271 e. The monoisotopic (exact) mass is 671 g/mol. The summed E-state index contributed by atoms with van der Waals surface area (Å²) in [6.45, 7) is 2.00. The van der Waals surface area contributed by atoms with Gasteiger partial charge in [0.2, 0.25) is 0 Å². The molecule has 10 heteroatoms. The molecule has 6 rings (SSSR count). The number of nitrogens with zero attached hydrogens (tertiary/aromatic N) is 2. The molecule has 0 bridgehead atoms. The zero-order valence-electron chi connectivity index (χ0n) is 23.3. The minimum atomic E-state index is -0.813. The summed E-state index contributed by atoms with van der Waals surface area (Å²) in [6, 6.07) is 25.5. The Balaban J connectivity index is 1.36. The number of anilines is 1. The molecule has 1 N–H and O–H groups in total. The number of rotatable bonds is 7. The largest absolute Gasteiger partial charge is 0.488 e. The number of halogens is 3. The van der Waals surface area contributed by atoms with Crippen LogP contribution in [0.4, 0.5) is 14.5 Å². The number of allylic oxidation sites excluding steroid dienone is 1. The average Bonchev–Trinajstić information content (AvgIpc) is 3.31. The number of nitrogens with one attached hydrogen (secondary N) is 1. The quantitative estimate of drug-likeness (QED) is 0.215. The Hall–Kier alpha value is -4.67. The molecule has 0 saturated carbocycles. The molecule has 0 fully saturated rings. The number of aromatic nitrogens is 1. The molecule has 0 unspecified atom stereocenters. The van der Waals surface area contributed by atoms with Crippen LogP contribution in [0.3, 0.4) is 0 Å². The summed E-state index contributed by atoms with van der Waals surface area (Å²) in [6.07, 6.45) is 1.75. The lowest BCUT2D eigenvalue weighted by Gasteiger charge is -2.25. The van der Waals surface area contributed by atoms with Crippen LogP contribution in [0.5, 0.6) is 5.75 Å². The molecule has 5 aromatic rings. The molecule has 0 radical (unpaired) electrons. The lowest BCUT2D eigenvalue weighted by atomic mass is 9.95. The van der Waals surface area contributed by atoms with Crippen molar-refractivity contribution in [2.45, 2.75) is 19.6 Å². The highest BCUT2D eigenvalue weighted by atomic mass is 79.9. The van der Waals surface area contributed by atoms with Gasteiger partial charge in [0.05, 0.1) is 26.3 Å². The van der Waals surface area contributed by atoms with Crippen LogP contribution in [0.2, 0.25) is 0 Å². The minimum Gasteiger partial charge on any atom is -0.488 e. The van der Waals surface area contributed by atoms with Crippen molar-refractivity contribution < 1.29 is 18.3 Å². The summed E-state index contributed by atoms with van der Waals surface area (Å²) in [5.74, 6) is -0.543. The van der Waals surface area contributed by atoms with Crippen LogP contribution < -0.4 is 24.9 Å². The number of thiazole rings is 1. The Bertz CT molecular complexity index is 2070. The maximum Gasteiger partial charge on any atom is 0.271 e. The second kappa shape index (κ2) is 12.5. The standard InChI is InChI=1S/C34H24BrF2N3O3S/c1-20-30(32(41)39-26-5-3-2-4-6-26)31(23-10-14-25(37)15-11-23)40-33(42)29(44-34(40)38-20)18-22-9-16-28(27(35)17-22)43-19-21-7-12-24(36)13-8-21/h2-18,31H,19H2,1H3,(H,39,41)/b29-18-/t31-/m1/s1. The zero-order valence-corrected chi connectivity index (χ0v) is 25.7. The van der Waals surface area contributed by atoms with E-state index < -0.39 is 17.8 Å². The van der Waals surface area contributed by atoms with Crippen LogP contribution in [-0.4, -0.2) is 10.5 Å². The number of hydrogen-bond acceptors (Lipinski definition) is 5.